The van der Waals surface area contributed by atoms with Gasteiger partial charge in [0.2, 0.25) is 0 Å². The smallest absolute Gasteiger partial charge is 0.412 e. The molecule has 0 spiro atoms. The minimum absolute atomic E-state index is 0.00613. The lowest BCUT2D eigenvalue weighted by atomic mass is 10.1. The number of aromatic amines is 1. The van der Waals surface area contributed by atoms with E-state index in [1.165, 1.54) is 0 Å². The Kier molecular flexibility index (Phi) is 10.8. The van der Waals surface area contributed by atoms with Gasteiger partial charge < -0.3 is 14.2 Å². The second kappa shape index (κ2) is 15.6. The second-order valence-electron chi connectivity index (χ2n) is 11.1. The first-order valence-corrected chi connectivity index (χ1v) is 15.6. The number of H-pyrrole nitrogens is 1. The molecule has 0 aliphatic heterocycles. The third-order valence-corrected chi connectivity index (χ3v) is 7.83. The third kappa shape index (κ3) is 8.20. The number of nitrogens with zero attached hydrogens (tertiary/aromatic N) is 6. The highest BCUT2D eigenvalue weighted by atomic mass is 16.5. The quantitative estimate of drug-likeness (QED) is 0.0853. The van der Waals surface area contributed by atoms with E-state index in [0.29, 0.717) is 42.9 Å². The van der Waals surface area contributed by atoms with Crippen molar-refractivity contribution in [3.8, 4) is 0 Å². The van der Waals surface area contributed by atoms with Crippen LogP contribution in [-0.2, 0) is 31.0 Å². The summed E-state index contributed by atoms with van der Waals surface area (Å²) in [7, 11) is 1.98. The van der Waals surface area contributed by atoms with E-state index in [1.807, 2.05) is 79.8 Å². The Labute approximate surface area is 267 Å². The van der Waals surface area contributed by atoms with Crippen LogP contribution >= 0.6 is 0 Å². The Morgan fingerprint density at radius 3 is 2.48 bits per heavy atom. The molecule has 3 N–H and O–H groups in total. The van der Waals surface area contributed by atoms with Gasteiger partial charge in [-0.2, -0.15) is 0 Å². The Morgan fingerprint density at radius 1 is 0.957 bits per heavy atom. The summed E-state index contributed by atoms with van der Waals surface area (Å²) in [5.41, 5.74) is 4.72. The first-order chi connectivity index (χ1) is 22.4. The molecule has 0 aliphatic carbocycles. The average Bonchev–Trinajstić information content (AvgIpc) is 3.71. The molecule has 12 heteroatoms. The molecule has 2 aromatic heterocycles. The third-order valence-electron chi connectivity index (χ3n) is 7.83. The molecular formula is C34H39N9O3. The van der Waals surface area contributed by atoms with Gasteiger partial charge in [0.25, 0.3) is 5.91 Å². The summed E-state index contributed by atoms with van der Waals surface area (Å²) in [5, 5.41) is 24.7. The first-order valence-electron chi connectivity index (χ1n) is 15.6. The van der Waals surface area contributed by atoms with Crippen LogP contribution < -0.4 is 10.2 Å². The lowest BCUT2D eigenvalue weighted by molar-refractivity contribution is 0.0987. The van der Waals surface area contributed by atoms with Crippen LogP contribution in [0.2, 0.25) is 0 Å². The number of hydrogen-bond donors (Lipinski definition) is 3. The number of anilines is 1. The molecule has 5 aromatic rings. The number of ether oxygens (including phenoxy) is 1. The molecule has 2 heterocycles. The number of imidazole rings is 1. The maximum Gasteiger partial charge on any atom is 0.412 e. The van der Waals surface area contributed by atoms with Crippen LogP contribution in [0.5, 0.6) is 0 Å². The summed E-state index contributed by atoms with van der Waals surface area (Å²) in [4.78, 5) is 32.4. The summed E-state index contributed by atoms with van der Waals surface area (Å²) in [6, 6.07) is 22.7. The molecule has 0 saturated carbocycles. The van der Waals surface area contributed by atoms with E-state index in [1.54, 1.807) is 4.90 Å². The van der Waals surface area contributed by atoms with Gasteiger partial charge in [-0.05, 0) is 59.2 Å². The van der Waals surface area contributed by atoms with Crippen molar-refractivity contribution in [2.45, 2.75) is 51.9 Å². The number of nitrogens with one attached hydrogen (secondary N) is 3. The molecule has 0 radical (unpaired) electrons. The Hall–Kier alpha value is -5.39. The Balaban J connectivity index is 1.20. The molecule has 0 atom stereocenters. The number of unbranched alkanes of at least 4 members (excludes halogenated alkanes) is 3. The summed E-state index contributed by atoms with van der Waals surface area (Å²) >= 11 is 0. The summed E-state index contributed by atoms with van der Waals surface area (Å²) < 4.78 is 7.23. The highest BCUT2D eigenvalue weighted by Gasteiger charge is 2.20. The largest absolute Gasteiger partial charge is 0.449 e. The summed E-state index contributed by atoms with van der Waals surface area (Å²) in [5.74, 6) is 1.38. The number of carbonyl (C=O) groups excluding carboxylic acids is 2. The van der Waals surface area contributed by atoms with Crippen LogP contribution in [0.3, 0.4) is 0 Å². The van der Waals surface area contributed by atoms with Crippen molar-refractivity contribution < 1.29 is 14.3 Å². The minimum Gasteiger partial charge on any atom is -0.449 e. The second-order valence-corrected chi connectivity index (χ2v) is 11.1. The van der Waals surface area contributed by atoms with Crippen LogP contribution in [0.4, 0.5) is 10.5 Å². The number of hydrogen-bond acceptors (Lipinski definition) is 8. The predicted molar refractivity (Wildman–Crippen MR) is 176 cm³/mol. The van der Waals surface area contributed by atoms with Gasteiger partial charge >= 0.3 is 6.09 Å². The van der Waals surface area contributed by atoms with Crippen LogP contribution in [-0.4, -0.2) is 61.2 Å². The molecule has 238 valence electrons. The minimum atomic E-state index is -0.603. The number of aryl methyl sites for hydroxylation is 3. The van der Waals surface area contributed by atoms with Gasteiger partial charge in [0.15, 0.2) is 0 Å². The summed E-state index contributed by atoms with van der Waals surface area (Å²) in [6.45, 7) is 2.89. The van der Waals surface area contributed by atoms with E-state index in [-0.39, 0.29) is 11.7 Å². The normalized spacial score (nSPS) is 11.0. The SMILES string of the molecule is CCCCCCOC(=O)NC(=N)c1ccc(CCc2nc3cc(C(=O)N(CCc4nnn[nH]4)c4ccccc4)ccc3n2C)cc1. The summed E-state index contributed by atoms with van der Waals surface area (Å²) in [6.07, 6.45) is 5.39. The molecule has 0 unspecified atom stereocenters. The fraction of sp³-hybridized carbons (Fsp3) is 0.324. The number of aromatic nitrogens is 6. The number of alkyl carbamates (subject to hydrolysis) is 1. The fourth-order valence-corrected chi connectivity index (χ4v) is 5.22. The number of amides is 2. The zero-order chi connectivity index (χ0) is 32.3. The maximum atomic E-state index is 13.8. The number of para-hydroxylation sites is 1. The standard InChI is InChI=1S/C34H39N9O3/c1-3-4-5-9-22-46-34(45)37-32(35)25-15-12-24(13-16-25)14-19-31-36-28-23-26(17-18-29(28)42(31)2)33(44)43(27-10-7-6-8-11-27)21-20-30-38-40-41-39-30/h6-8,10-13,15-18,23H,3-5,9,14,19-22H2,1-2H3,(H2,35,37,45)(H,38,39,40,41). The number of carbonyl (C=O) groups is 2. The molecule has 0 fully saturated rings. The van der Waals surface area contributed by atoms with E-state index in [2.05, 4.69) is 37.4 Å². The van der Waals surface area contributed by atoms with Crippen LogP contribution in [0, 0.1) is 5.41 Å². The van der Waals surface area contributed by atoms with Gasteiger partial charge in [-0.25, -0.2) is 14.9 Å². The molecule has 0 saturated heterocycles. The average molecular weight is 622 g/mol. The van der Waals surface area contributed by atoms with Crippen molar-refractivity contribution in [3.05, 3.63) is 101 Å². The van der Waals surface area contributed by atoms with E-state index in [4.69, 9.17) is 15.1 Å². The highest BCUT2D eigenvalue weighted by Crippen LogP contribution is 2.22. The van der Waals surface area contributed by atoms with Crippen molar-refractivity contribution in [1.82, 2.24) is 35.5 Å². The highest BCUT2D eigenvalue weighted by molar-refractivity contribution is 6.07. The molecule has 5 rings (SSSR count). The first kappa shape index (κ1) is 32.0. The Bertz CT molecular complexity index is 1750. The molecule has 2 amide bonds. The van der Waals surface area contributed by atoms with Gasteiger partial charge in [0.05, 0.1) is 17.6 Å². The van der Waals surface area contributed by atoms with Gasteiger partial charge in [0, 0.05) is 43.2 Å². The van der Waals surface area contributed by atoms with Gasteiger partial charge in [-0.1, -0.05) is 68.7 Å². The molecule has 46 heavy (non-hydrogen) atoms. The fourth-order valence-electron chi connectivity index (χ4n) is 5.22. The van der Waals surface area contributed by atoms with E-state index < -0.39 is 6.09 Å². The van der Waals surface area contributed by atoms with Gasteiger partial charge in [0.1, 0.15) is 17.5 Å². The van der Waals surface area contributed by atoms with Gasteiger partial charge in [-0.3, -0.25) is 15.5 Å². The van der Waals surface area contributed by atoms with E-state index >= 15 is 0 Å². The lowest BCUT2D eigenvalue weighted by Gasteiger charge is -2.22. The molecule has 12 nitrogen and oxygen atoms in total. The predicted octanol–water partition coefficient (Wildman–Crippen LogP) is 5.39. The van der Waals surface area contributed by atoms with Crippen LogP contribution in [0.15, 0.2) is 72.8 Å². The zero-order valence-electron chi connectivity index (χ0n) is 26.2. The van der Waals surface area contributed by atoms with Crippen molar-refractivity contribution in [2.24, 2.45) is 7.05 Å². The molecule has 3 aromatic carbocycles. The van der Waals surface area contributed by atoms with Crippen LogP contribution in [0.1, 0.15) is 65.7 Å². The van der Waals surface area contributed by atoms with E-state index in [0.717, 1.165) is 60.2 Å². The number of amidine groups is 1. The number of tetrazole rings is 1. The molecule has 0 bridgehead atoms. The topological polar surface area (TPSA) is 155 Å². The van der Waals surface area contributed by atoms with Crippen molar-refractivity contribution in [2.75, 3.05) is 18.1 Å². The Morgan fingerprint density at radius 2 is 1.74 bits per heavy atom. The van der Waals surface area contributed by atoms with Crippen LogP contribution in [0.25, 0.3) is 11.0 Å². The number of benzene rings is 3. The zero-order valence-corrected chi connectivity index (χ0v) is 26.2. The van der Waals surface area contributed by atoms with Gasteiger partial charge in [-0.15, -0.1) is 5.10 Å². The number of fused-ring (bicyclic) bond motifs is 1. The monoisotopic (exact) mass is 621 g/mol. The number of rotatable bonds is 14. The molecular weight excluding hydrogens is 582 g/mol. The van der Waals surface area contributed by atoms with Crippen molar-refractivity contribution >= 4 is 34.6 Å². The lowest BCUT2D eigenvalue weighted by Crippen LogP contribution is -2.33. The van der Waals surface area contributed by atoms with Crippen molar-refractivity contribution in [3.63, 3.8) is 0 Å². The maximum absolute atomic E-state index is 13.8. The van der Waals surface area contributed by atoms with E-state index in [9.17, 15) is 9.59 Å². The van der Waals surface area contributed by atoms with Crippen molar-refractivity contribution in [1.29, 1.82) is 5.41 Å². The molecule has 0 aliphatic rings.